The van der Waals surface area contributed by atoms with Crippen LogP contribution in [0, 0.1) is 0 Å². The second-order valence-electron chi connectivity index (χ2n) is 5.65. The zero-order valence-electron chi connectivity index (χ0n) is 16.1. The van der Waals surface area contributed by atoms with Crippen molar-refractivity contribution in [3.05, 3.63) is 53.6 Å². The third kappa shape index (κ3) is 5.41. The maximum Gasteiger partial charge on any atom is 0.244 e. The van der Waals surface area contributed by atoms with Gasteiger partial charge >= 0.3 is 0 Å². The largest absolute Gasteiger partial charge is 0.497 e. The maximum absolute atomic E-state index is 12.1. The molecule has 0 aromatic heterocycles. The summed E-state index contributed by atoms with van der Waals surface area (Å²) in [4.78, 5) is 12.1. The molecule has 0 unspecified atom stereocenters. The van der Waals surface area contributed by atoms with Gasteiger partial charge in [-0.25, -0.2) is 0 Å². The molecule has 0 radical (unpaired) electrons. The molecule has 144 valence electrons. The van der Waals surface area contributed by atoms with Crippen molar-refractivity contribution in [2.45, 2.75) is 6.42 Å². The van der Waals surface area contributed by atoms with Crippen LogP contribution < -0.4 is 24.3 Å². The summed E-state index contributed by atoms with van der Waals surface area (Å²) in [6.45, 7) is 0.540. The lowest BCUT2D eigenvalue weighted by atomic mass is 10.1. The fraction of sp³-hybridized carbons (Fsp3) is 0.286. The molecule has 0 aliphatic heterocycles. The Balaban J connectivity index is 1.95. The van der Waals surface area contributed by atoms with E-state index in [4.69, 9.17) is 18.9 Å². The van der Waals surface area contributed by atoms with Gasteiger partial charge < -0.3 is 24.3 Å². The molecule has 0 bridgehead atoms. The summed E-state index contributed by atoms with van der Waals surface area (Å²) in [5.74, 6) is 2.20. The molecule has 2 aromatic carbocycles. The average molecular weight is 371 g/mol. The number of ether oxygens (including phenoxy) is 4. The van der Waals surface area contributed by atoms with Gasteiger partial charge in [0.15, 0.2) is 11.5 Å². The summed E-state index contributed by atoms with van der Waals surface area (Å²) >= 11 is 0. The first-order chi connectivity index (χ1) is 13.1. The van der Waals surface area contributed by atoms with Crippen molar-refractivity contribution in [3.63, 3.8) is 0 Å². The first-order valence-electron chi connectivity index (χ1n) is 8.50. The molecule has 27 heavy (non-hydrogen) atoms. The van der Waals surface area contributed by atoms with E-state index in [1.54, 1.807) is 46.6 Å². The number of carbonyl (C=O) groups is 1. The third-order valence-corrected chi connectivity index (χ3v) is 4.02. The van der Waals surface area contributed by atoms with Crippen LogP contribution in [0.25, 0.3) is 6.08 Å². The van der Waals surface area contributed by atoms with E-state index < -0.39 is 0 Å². The monoisotopic (exact) mass is 371 g/mol. The van der Waals surface area contributed by atoms with Crippen molar-refractivity contribution < 1.29 is 23.7 Å². The summed E-state index contributed by atoms with van der Waals surface area (Å²) in [6.07, 6.45) is 3.89. The highest BCUT2D eigenvalue weighted by Gasteiger charge is 2.14. The number of rotatable bonds is 9. The van der Waals surface area contributed by atoms with Gasteiger partial charge in [-0.1, -0.05) is 12.1 Å². The molecule has 6 heteroatoms. The number of nitrogens with one attached hydrogen (secondary N) is 1. The van der Waals surface area contributed by atoms with Crippen molar-refractivity contribution in [1.82, 2.24) is 5.32 Å². The minimum Gasteiger partial charge on any atom is -0.497 e. The second kappa shape index (κ2) is 10.1. The average Bonchev–Trinajstić information content (AvgIpc) is 2.71. The lowest BCUT2D eigenvalue weighted by Crippen LogP contribution is -2.23. The van der Waals surface area contributed by atoms with Crippen LogP contribution in [0.5, 0.6) is 23.0 Å². The Bertz CT molecular complexity index is 784. The molecular formula is C21H25NO5. The molecule has 0 spiro atoms. The van der Waals surface area contributed by atoms with Gasteiger partial charge in [-0.05, 0) is 42.3 Å². The van der Waals surface area contributed by atoms with Gasteiger partial charge in [0.1, 0.15) is 5.75 Å². The third-order valence-electron chi connectivity index (χ3n) is 4.02. The molecule has 0 aliphatic carbocycles. The van der Waals surface area contributed by atoms with Crippen molar-refractivity contribution >= 4 is 12.0 Å². The minimum absolute atomic E-state index is 0.180. The number of amides is 1. The molecule has 1 amide bonds. The van der Waals surface area contributed by atoms with Crippen LogP contribution in [-0.2, 0) is 11.2 Å². The van der Waals surface area contributed by atoms with Crippen molar-refractivity contribution in [1.29, 1.82) is 0 Å². The van der Waals surface area contributed by atoms with Crippen LogP contribution >= 0.6 is 0 Å². The van der Waals surface area contributed by atoms with Crippen LogP contribution in [0.4, 0.5) is 0 Å². The number of hydrogen-bond acceptors (Lipinski definition) is 5. The van der Waals surface area contributed by atoms with Crippen LogP contribution in [-0.4, -0.2) is 40.9 Å². The molecule has 0 aliphatic rings. The lowest BCUT2D eigenvalue weighted by Gasteiger charge is -2.13. The maximum atomic E-state index is 12.1. The van der Waals surface area contributed by atoms with E-state index >= 15 is 0 Å². The smallest absolute Gasteiger partial charge is 0.244 e. The van der Waals surface area contributed by atoms with Crippen LogP contribution in [0.3, 0.4) is 0 Å². The van der Waals surface area contributed by atoms with Gasteiger partial charge in [-0.15, -0.1) is 0 Å². The van der Waals surface area contributed by atoms with Crippen molar-refractivity contribution in [3.8, 4) is 23.0 Å². The topological polar surface area (TPSA) is 66.0 Å². The zero-order chi connectivity index (χ0) is 19.6. The first kappa shape index (κ1) is 20.2. The molecule has 0 atom stereocenters. The van der Waals surface area contributed by atoms with Crippen LogP contribution in [0.1, 0.15) is 11.1 Å². The minimum atomic E-state index is -0.180. The summed E-state index contributed by atoms with van der Waals surface area (Å²) < 4.78 is 21.1. The predicted molar refractivity (Wildman–Crippen MR) is 105 cm³/mol. The number of benzene rings is 2. The Kier molecular flexibility index (Phi) is 7.55. The van der Waals surface area contributed by atoms with E-state index in [2.05, 4.69) is 5.32 Å². The quantitative estimate of drug-likeness (QED) is 0.686. The Morgan fingerprint density at radius 3 is 2.19 bits per heavy atom. The number of hydrogen-bond donors (Lipinski definition) is 1. The molecule has 0 saturated heterocycles. The summed E-state index contributed by atoms with van der Waals surface area (Å²) in [6, 6.07) is 11.3. The molecule has 0 saturated carbocycles. The lowest BCUT2D eigenvalue weighted by molar-refractivity contribution is -0.116. The Morgan fingerprint density at radius 2 is 1.59 bits per heavy atom. The van der Waals surface area contributed by atoms with Gasteiger partial charge in [0, 0.05) is 18.2 Å². The Hall–Kier alpha value is -3.15. The van der Waals surface area contributed by atoms with E-state index in [1.165, 1.54) is 6.08 Å². The van der Waals surface area contributed by atoms with E-state index in [9.17, 15) is 4.79 Å². The highest BCUT2D eigenvalue weighted by Crippen LogP contribution is 2.40. The summed E-state index contributed by atoms with van der Waals surface area (Å²) in [5, 5.41) is 2.86. The number of carbonyl (C=O) groups excluding carboxylic acids is 1. The summed E-state index contributed by atoms with van der Waals surface area (Å²) in [7, 11) is 6.28. The summed E-state index contributed by atoms with van der Waals surface area (Å²) in [5.41, 5.74) is 1.85. The first-order valence-corrected chi connectivity index (χ1v) is 8.50. The van der Waals surface area contributed by atoms with Crippen LogP contribution in [0.15, 0.2) is 42.5 Å². The number of methoxy groups -OCH3 is 4. The Morgan fingerprint density at radius 1 is 0.889 bits per heavy atom. The van der Waals surface area contributed by atoms with Crippen molar-refractivity contribution in [2.75, 3.05) is 35.0 Å². The normalized spacial score (nSPS) is 10.5. The van der Waals surface area contributed by atoms with Gasteiger partial charge in [-0.3, -0.25) is 4.79 Å². The van der Waals surface area contributed by atoms with Gasteiger partial charge in [-0.2, -0.15) is 0 Å². The molecule has 0 heterocycles. The fourth-order valence-corrected chi connectivity index (χ4v) is 2.60. The van der Waals surface area contributed by atoms with Gasteiger partial charge in [0.25, 0.3) is 0 Å². The molecule has 1 N–H and O–H groups in total. The highest BCUT2D eigenvalue weighted by atomic mass is 16.5. The van der Waals surface area contributed by atoms with E-state index in [0.717, 1.165) is 23.3 Å². The highest BCUT2D eigenvalue weighted by molar-refractivity contribution is 5.92. The molecule has 2 rings (SSSR count). The standard InChI is InChI=1S/C21H25NO5/c1-24-17-9-5-15(6-10-17)13-14-22-19(23)12-8-16-7-11-18(25-2)21(27-4)20(16)26-3/h5-12H,13-14H2,1-4H3,(H,22,23)/b12-8+. The van der Waals surface area contributed by atoms with Crippen molar-refractivity contribution in [2.24, 2.45) is 0 Å². The van der Waals surface area contributed by atoms with E-state index in [0.29, 0.717) is 23.8 Å². The molecule has 2 aromatic rings. The molecule has 0 fully saturated rings. The fourth-order valence-electron chi connectivity index (χ4n) is 2.60. The van der Waals surface area contributed by atoms with E-state index in [1.807, 2.05) is 24.3 Å². The van der Waals surface area contributed by atoms with Gasteiger partial charge in [0.2, 0.25) is 11.7 Å². The van der Waals surface area contributed by atoms with E-state index in [-0.39, 0.29) is 5.91 Å². The Labute approximate surface area is 159 Å². The SMILES string of the molecule is COc1ccc(CCNC(=O)/C=C/c2ccc(OC)c(OC)c2OC)cc1. The predicted octanol–water partition coefficient (Wildman–Crippen LogP) is 3.09. The second-order valence-corrected chi connectivity index (χ2v) is 5.65. The zero-order valence-corrected chi connectivity index (χ0v) is 16.1. The van der Waals surface area contributed by atoms with Crippen LogP contribution in [0.2, 0.25) is 0 Å². The van der Waals surface area contributed by atoms with Gasteiger partial charge in [0.05, 0.1) is 28.4 Å². The molecular weight excluding hydrogens is 346 g/mol. The molecule has 6 nitrogen and oxygen atoms in total.